The Hall–Kier alpha value is -0.710. The van der Waals surface area contributed by atoms with Crippen LogP contribution in [-0.2, 0) is 4.79 Å². The summed E-state index contributed by atoms with van der Waals surface area (Å²) >= 11 is 0. The summed E-state index contributed by atoms with van der Waals surface area (Å²) in [6.07, 6.45) is 7.44. The smallest absolute Gasteiger partial charge is 0.137 e. The number of hydrogen-bond donors (Lipinski definition) is 3. The Morgan fingerprint density at radius 1 is 1.03 bits per heavy atom. The van der Waals surface area contributed by atoms with Crippen LogP contribution in [0.25, 0.3) is 0 Å². The molecule has 4 aliphatic carbocycles. The fourth-order valence-corrected chi connectivity index (χ4v) is 9.97. The van der Waals surface area contributed by atoms with Gasteiger partial charge in [0.05, 0.1) is 17.8 Å². The Morgan fingerprint density at radius 3 is 2.29 bits per heavy atom. The summed E-state index contributed by atoms with van der Waals surface area (Å²) in [5, 5.41) is 34.1. The number of rotatable bonds is 4. The second-order valence-electron chi connectivity index (χ2n) is 14.4. The Kier molecular flexibility index (Phi) is 6.32. The molecule has 4 nitrogen and oxygen atoms in total. The van der Waals surface area contributed by atoms with Crippen LogP contribution in [0, 0.1) is 45.3 Å². The SMILES string of the molecule is CC(C)=CCC[C@](C)(O)[C@H]1C[C@H](O)[C@]2(C)[C@@H]1C(=O)C[C@@H]1[C@@]3(C)CC[C@H](O)C(C)(C)[C@@H]3CC[C@]12C. The van der Waals surface area contributed by atoms with Crippen LogP contribution in [0.3, 0.4) is 0 Å². The standard InChI is InChI=1S/C30H50O4/c1-18(2)10-9-13-29(7,34)19-16-24(33)30(8)25(19)20(31)17-22-27(5)14-12-23(32)26(3,4)21(27)11-15-28(22,30)6/h10,19,21-25,32-34H,9,11-17H2,1-8H3/t19-,21-,22+,23-,24-,25-,27-,28+,29-,30+/m0/s1. The van der Waals surface area contributed by atoms with E-state index in [-0.39, 0.29) is 45.9 Å². The molecule has 3 N–H and O–H groups in total. The van der Waals surface area contributed by atoms with Gasteiger partial charge in [0.15, 0.2) is 0 Å². The third-order valence-electron chi connectivity index (χ3n) is 12.2. The van der Waals surface area contributed by atoms with E-state index in [0.29, 0.717) is 25.2 Å². The summed E-state index contributed by atoms with van der Waals surface area (Å²) < 4.78 is 0. The first kappa shape index (κ1) is 26.4. The van der Waals surface area contributed by atoms with Crippen molar-refractivity contribution in [2.45, 2.75) is 125 Å². The van der Waals surface area contributed by atoms with Crippen molar-refractivity contribution in [1.82, 2.24) is 0 Å². The maximum Gasteiger partial charge on any atom is 0.137 e. The molecule has 0 bridgehead atoms. The van der Waals surface area contributed by atoms with Crippen molar-refractivity contribution in [3.8, 4) is 0 Å². The van der Waals surface area contributed by atoms with Crippen molar-refractivity contribution in [3.05, 3.63) is 11.6 Å². The fraction of sp³-hybridized carbons (Fsp3) is 0.900. The molecule has 4 fully saturated rings. The van der Waals surface area contributed by atoms with Gasteiger partial charge in [0.1, 0.15) is 5.78 Å². The second kappa shape index (κ2) is 8.15. The average molecular weight is 475 g/mol. The zero-order valence-corrected chi connectivity index (χ0v) is 22.9. The average Bonchev–Trinajstić information content (AvgIpc) is 3.01. The second-order valence-corrected chi connectivity index (χ2v) is 14.4. The summed E-state index contributed by atoms with van der Waals surface area (Å²) in [6, 6.07) is 0. The van der Waals surface area contributed by atoms with Gasteiger partial charge in [-0.25, -0.2) is 0 Å². The third kappa shape index (κ3) is 3.44. The van der Waals surface area contributed by atoms with Gasteiger partial charge in [-0.3, -0.25) is 4.79 Å². The lowest BCUT2D eigenvalue weighted by Gasteiger charge is -2.69. The van der Waals surface area contributed by atoms with E-state index in [9.17, 15) is 20.1 Å². The maximum absolute atomic E-state index is 14.0. The van der Waals surface area contributed by atoms with Crippen LogP contribution in [-0.4, -0.2) is 38.9 Å². The van der Waals surface area contributed by atoms with E-state index >= 15 is 0 Å². The fourth-order valence-electron chi connectivity index (χ4n) is 9.97. The molecule has 10 atom stereocenters. The number of aliphatic hydroxyl groups excluding tert-OH is 2. The van der Waals surface area contributed by atoms with Gasteiger partial charge in [-0.2, -0.15) is 0 Å². The van der Waals surface area contributed by atoms with Gasteiger partial charge in [0.25, 0.3) is 0 Å². The van der Waals surface area contributed by atoms with E-state index < -0.39 is 17.1 Å². The van der Waals surface area contributed by atoms with Crippen molar-refractivity contribution < 1.29 is 20.1 Å². The Labute approximate surface area is 207 Å². The van der Waals surface area contributed by atoms with E-state index in [2.05, 4.69) is 54.5 Å². The molecule has 4 rings (SSSR count). The summed E-state index contributed by atoms with van der Waals surface area (Å²) in [5.74, 6) is 0.311. The van der Waals surface area contributed by atoms with Gasteiger partial charge in [-0.05, 0) is 93.8 Å². The number of Topliss-reactive ketones (excluding diaryl/α,β-unsaturated/α-hetero) is 1. The Morgan fingerprint density at radius 2 is 1.68 bits per heavy atom. The van der Waals surface area contributed by atoms with Crippen LogP contribution >= 0.6 is 0 Å². The zero-order valence-electron chi connectivity index (χ0n) is 22.9. The maximum atomic E-state index is 14.0. The van der Waals surface area contributed by atoms with E-state index in [4.69, 9.17) is 0 Å². The lowest BCUT2D eigenvalue weighted by atomic mass is 9.35. The molecule has 0 heterocycles. The molecule has 0 aliphatic heterocycles. The van der Waals surface area contributed by atoms with Crippen LogP contribution in [0.5, 0.6) is 0 Å². The van der Waals surface area contributed by atoms with Gasteiger partial charge in [0.2, 0.25) is 0 Å². The van der Waals surface area contributed by atoms with Crippen LogP contribution in [0.15, 0.2) is 11.6 Å². The lowest BCUT2D eigenvalue weighted by Crippen LogP contribution is -2.67. The van der Waals surface area contributed by atoms with E-state index in [0.717, 1.165) is 32.1 Å². The van der Waals surface area contributed by atoms with Crippen molar-refractivity contribution in [3.63, 3.8) is 0 Å². The minimum absolute atomic E-state index is 0.0247. The largest absolute Gasteiger partial charge is 0.393 e. The molecule has 0 aromatic carbocycles. The van der Waals surface area contributed by atoms with E-state index in [1.54, 1.807) is 0 Å². The molecule has 4 saturated carbocycles. The normalized spacial score (nSPS) is 49.4. The van der Waals surface area contributed by atoms with Gasteiger partial charge in [-0.1, -0.05) is 46.3 Å². The zero-order chi connectivity index (χ0) is 25.5. The summed E-state index contributed by atoms with van der Waals surface area (Å²) in [5.41, 5.74) is -0.636. The Bertz CT molecular complexity index is 854. The number of allylic oxidation sites excluding steroid dienone is 2. The van der Waals surface area contributed by atoms with Gasteiger partial charge < -0.3 is 15.3 Å². The van der Waals surface area contributed by atoms with Crippen LogP contribution in [0.4, 0.5) is 0 Å². The van der Waals surface area contributed by atoms with Gasteiger partial charge in [-0.15, -0.1) is 0 Å². The predicted octanol–water partition coefficient (Wildman–Crippen LogP) is 5.68. The molecule has 194 valence electrons. The summed E-state index contributed by atoms with van der Waals surface area (Å²) in [4.78, 5) is 14.0. The molecule has 4 heteroatoms. The molecule has 0 saturated heterocycles. The molecule has 0 aromatic rings. The minimum atomic E-state index is -0.980. The molecule has 4 aliphatic rings. The van der Waals surface area contributed by atoms with Crippen molar-refractivity contribution in [1.29, 1.82) is 0 Å². The van der Waals surface area contributed by atoms with Crippen molar-refractivity contribution in [2.24, 2.45) is 45.3 Å². The highest BCUT2D eigenvalue weighted by molar-refractivity contribution is 5.85. The molecule has 0 aromatic heterocycles. The predicted molar refractivity (Wildman–Crippen MR) is 136 cm³/mol. The number of aliphatic hydroxyl groups is 3. The lowest BCUT2D eigenvalue weighted by molar-refractivity contribution is -0.232. The summed E-state index contributed by atoms with van der Waals surface area (Å²) in [6.45, 7) is 17.3. The first-order chi connectivity index (χ1) is 15.5. The van der Waals surface area contributed by atoms with Crippen molar-refractivity contribution >= 4 is 5.78 Å². The third-order valence-corrected chi connectivity index (χ3v) is 12.2. The number of ketones is 1. The quantitative estimate of drug-likeness (QED) is 0.458. The highest BCUT2D eigenvalue weighted by Gasteiger charge is 2.73. The number of hydrogen-bond acceptors (Lipinski definition) is 4. The van der Waals surface area contributed by atoms with Gasteiger partial charge >= 0.3 is 0 Å². The van der Waals surface area contributed by atoms with Crippen LogP contribution in [0.1, 0.15) is 107 Å². The highest BCUT2D eigenvalue weighted by Crippen LogP contribution is 2.75. The van der Waals surface area contributed by atoms with Crippen LogP contribution in [0.2, 0.25) is 0 Å². The van der Waals surface area contributed by atoms with Gasteiger partial charge in [0, 0.05) is 23.7 Å². The Balaban J connectivity index is 1.72. The first-order valence-corrected chi connectivity index (χ1v) is 13.8. The minimum Gasteiger partial charge on any atom is -0.393 e. The first-order valence-electron chi connectivity index (χ1n) is 13.8. The number of fused-ring (bicyclic) bond motifs is 5. The number of carbonyl (C=O) groups is 1. The van der Waals surface area contributed by atoms with E-state index in [1.807, 2.05) is 6.92 Å². The molecular weight excluding hydrogens is 424 g/mol. The topological polar surface area (TPSA) is 77.8 Å². The summed E-state index contributed by atoms with van der Waals surface area (Å²) in [7, 11) is 0. The molecule has 0 amide bonds. The molecule has 0 radical (unpaired) electrons. The van der Waals surface area contributed by atoms with Crippen molar-refractivity contribution in [2.75, 3.05) is 0 Å². The molecule has 0 spiro atoms. The molecule has 34 heavy (non-hydrogen) atoms. The monoisotopic (exact) mass is 474 g/mol. The number of carbonyl (C=O) groups excluding carboxylic acids is 1. The van der Waals surface area contributed by atoms with E-state index in [1.165, 1.54) is 5.57 Å². The molecule has 0 unspecified atom stereocenters. The highest BCUT2D eigenvalue weighted by atomic mass is 16.3. The molecular formula is C30H50O4. The van der Waals surface area contributed by atoms with Crippen LogP contribution < -0.4 is 0 Å².